The molecule has 3 rings (SSSR count). The average molecular weight is 318 g/mol. The van der Waals surface area contributed by atoms with Gasteiger partial charge in [-0.05, 0) is 6.92 Å². The third kappa shape index (κ3) is 3.02. The first-order valence-electron chi connectivity index (χ1n) is 7.51. The maximum absolute atomic E-state index is 12.6. The number of ether oxygens (including phenoxy) is 1. The smallest absolute Gasteiger partial charge is 0.259 e. The van der Waals surface area contributed by atoms with Gasteiger partial charge in [0.15, 0.2) is 11.5 Å². The summed E-state index contributed by atoms with van der Waals surface area (Å²) in [5.74, 6) is 0.568. The van der Waals surface area contributed by atoms with Gasteiger partial charge in [0.2, 0.25) is 11.8 Å². The Morgan fingerprint density at radius 1 is 1.43 bits per heavy atom. The molecule has 1 atom stereocenters. The number of aromatic amines is 1. The number of amides is 1. The topological polar surface area (TPSA) is 101 Å². The van der Waals surface area contributed by atoms with Crippen LogP contribution < -0.4 is 5.43 Å². The van der Waals surface area contributed by atoms with Gasteiger partial charge in [0.05, 0.1) is 13.2 Å². The first-order chi connectivity index (χ1) is 11.1. The van der Waals surface area contributed by atoms with Crippen molar-refractivity contribution in [2.24, 2.45) is 0 Å². The molecule has 0 spiro atoms. The molecule has 1 unspecified atom stereocenters. The third-order valence-corrected chi connectivity index (χ3v) is 3.77. The zero-order chi connectivity index (χ0) is 16.4. The predicted molar refractivity (Wildman–Crippen MR) is 80.1 cm³/mol. The van der Waals surface area contributed by atoms with Crippen molar-refractivity contribution < 1.29 is 13.9 Å². The molecular weight excluding hydrogens is 300 g/mol. The van der Waals surface area contributed by atoms with Crippen LogP contribution in [0.1, 0.15) is 40.7 Å². The van der Waals surface area contributed by atoms with Crippen molar-refractivity contribution in [3.63, 3.8) is 0 Å². The number of morpholine rings is 1. The summed E-state index contributed by atoms with van der Waals surface area (Å²) in [5, 5.41) is 7.87. The van der Waals surface area contributed by atoms with Gasteiger partial charge in [0, 0.05) is 30.9 Å². The van der Waals surface area contributed by atoms with Crippen LogP contribution in [0.25, 0.3) is 0 Å². The van der Waals surface area contributed by atoms with E-state index in [1.54, 1.807) is 18.0 Å². The predicted octanol–water partition coefficient (Wildman–Crippen LogP) is 0.842. The second-order valence-electron chi connectivity index (χ2n) is 5.38. The Hall–Kier alpha value is -2.48. The normalized spacial score (nSPS) is 18.2. The fraction of sp³-hybridized carbons (Fsp3) is 0.467. The summed E-state index contributed by atoms with van der Waals surface area (Å²) in [6.07, 6.45) is 3.18. The minimum absolute atomic E-state index is 0.130. The van der Waals surface area contributed by atoms with Crippen LogP contribution in [0, 0.1) is 6.92 Å². The molecule has 1 saturated heterocycles. The van der Waals surface area contributed by atoms with Crippen LogP contribution in [-0.4, -0.2) is 45.7 Å². The largest absolute Gasteiger partial charge is 0.422 e. The molecule has 1 N–H and O–H groups in total. The van der Waals surface area contributed by atoms with E-state index in [9.17, 15) is 9.59 Å². The monoisotopic (exact) mass is 318 g/mol. The molecule has 8 nitrogen and oxygen atoms in total. The summed E-state index contributed by atoms with van der Waals surface area (Å²) in [6.45, 7) is 4.63. The van der Waals surface area contributed by atoms with E-state index in [1.807, 2.05) is 6.92 Å². The van der Waals surface area contributed by atoms with Crippen molar-refractivity contribution in [1.82, 2.24) is 20.1 Å². The molecule has 0 radical (unpaired) electrons. The highest BCUT2D eigenvalue weighted by molar-refractivity contribution is 5.94. The maximum atomic E-state index is 12.6. The standard InChI is InChI=1S/C15H18N4O4/c1-3-12-17-18-14(23-12)11-8-19(4-5-22-11)15(21)10-7-16-6-9(2)13(10)20/h6-7,11H,3-5,8H2,1-2H3,(H,16,20). The first kappa shape index (κ1) is 15.4. The van der Waals surface area contributed by atoms with Crippen LogP contribution >= 0.6 is 0 Å². The van der Waals surface area contributed by atoms with Gasteiger partial charge in [0.25, 0.3) is 5.91 Å². The van der Waals surface area contributed by atoms with Crippen molar-refractivity contribution in [2.75, 3.05) is 19.7 Å². The Bertz CT molecular complexity index is 767. The number of nitrogens with zero attached hydrogens (tertiary/aromatic N) is 3. The number of hydrogen-bond acceptors (Lipinski definition) is 6. The lowest BCUT2D eigenvalue weighted by Gasteiger charge is -2.31. The van der Waals surface area contributed by atoms with Gasteiger partial charge in [0.1, 0.15) is 5.56 Å². The van der Waals surface area contributed by atoms with E-state index in [2.05, 4.69) is 15.2 Å². The summed E-state index contributed by atoms with van der Waals surface area (Å²) in [4.78, 5) is 29.1. The number of aryl methyl sites for hydroxylation is 2. The van der Waals surface area contributed by atoms with Crippen molar-refractivity contribution >= 4 is 5.91 Å². The molecule has 1 aliphatic rings. The summed E-state index contributed by atoms with van der Waals surface area (Å²) in [7, 11) is 0. The van der Waals surface area contributed by atoms with Gasteiger partial charge < -0.3 is 19.0 Å². The number of aromatic nitrogens is 3. The van der Waals surface area contributed by atoms with E-state index >= 15 is 0 Å². The van der Waals surface area contributed by atoms with Gasteiger partial charge in [-0.2, -0.15) is 0 Å². The van der Waals surface area contributed by atoms with Crippen LogP contribution in [0.4, 0.5) is 0 Å². The number of nitrogens with one attached hydrogen (secondary N) is 1. The van der Waals surface area contributed by atoms with E-state index in [-0.39, 0.29) is 23.4 Å². The van der Waals surface area contributed by atoms with Gasteiger partial charge in [-0.1, -0.05) is 6.92 Å². The lowest BCUT2D eigenvalue weighted by atomic mass is 10.1. The van der Waals surface area contributed by atoms with Crippen LogP contribution in [0.15, 0.2) is 21.6 Å². The second kappa shape index (κ2) is 6.33. The molecular formula is C15H18N4O4. The molecule has 8 heteroatoms. The molecule has 0 saturated carbocycles. The maximum Gasteiger partial charge on any atom is 0.259 e. The van der Waals surface area contributed by atoms with E-state index in [0.29, 0.717) is 36.9 Å². The van der Waals surface area contributed by atoms with Crippen LogP contribution in [0.2, 0.25) is 0 Å². The van der Waals surface area contributed by atoms with E-state index in [0.717, 1.165) is 0 Å². The molecule has 0 aromatic carbocycles. The van der Waals surface area contributed by atoms with Crippen molar-refractivity contribution in [3.8, 4) is 0 Å². The Morgan fingerprint density at radius 2 is 2.26 bits per heavy atom. The molecule has 2 aromatic heterocycles. The zero-order valence-electron chi connectivity index (χ0n) is 13.0. The summed E-state index contributed by atoms with van der Waals surface area (Å²) < 4.78 is 11.1. The summed E-state index contributed by atoms with van der Waals surface area (Å²) in [6, 6.07) is 0. The average Bonchev–Trinajstić information content (AvgIpc) is 3.06. The quantitative estimate of drug-likeness (QED) is 0.900. The minimum Gasteiger partial charge on any atom is -0.422 e. The van der Waals surface area contributed by atoms with E-state index < -0.39 is 6.10 Å². The highest BCUT2D eigenvalue weighted by Crippen LogP contribution is 2.22. The number of H-pyrrole nitrogens is 1. The van der Waals surface area contributed by atoms with Crippen molar-refractivity contribution in [2.45, 2.75) is 26.4 Å². The second-order valence-corrected chi connectivity index (χ2v) is 5.38. The highest BCUT2D eigenvalue weighted by atomic mass is 16.5. The number of carbonyl (C=O) groups excluding carboxylic acids is 1. The van der Waals surface area contributed by atoms with E-state index in [1.165, 1.54) is 6.20 Å². The van der Waals surface area contributed by atoms with Gasteiger partial charge in [-0.25, -0.2) is 0 Å². The van der Waals surface area contributed by atoms with E-state index in [4.69, 9.17) is 9.15 Å². The number of rotatable bonds is 3. The number of carbonyl (C=O) groups is 1. The van der Waals surface area contributed by atoms with Crippen LogP contribution in [0.3, 0.4) is 0 Å². The molecule has 0 aliphatic carbocycles. The third-order valence-electron chi connectivity index (χ3n) is 3.77. The Kier molecular flexibility index (Phi) is 4.24. The number of hydrogen-bond donors (Lipinski definition) is 1. The SMILES string of the molecule is CCc1nnc(C2CN(C(=O)c3c[nH]cc(C)c3=O)CCO2)o1. The zero-order valence-corrected chi connectivity index (χ0v) is 13.0. The molecule has 3 heterocycles. The Labute approximate surface area is 132 Å². The van der Waals surface area contributed by atoms with Crippen LogP contribution in [0.5, 0.6) is 0 Å². The van der Waals surface area contributed by atoms with Crippen molar-refractivity contribution in [1.29, 1.82) is 0 Å². The van der Waals surface area contributed by atoms with Gasteiger partial charge in [-0.3, -0.25) is 9.59 Å². The summed E-state index contributed by atoms with van der Waals surface area (Å²) in [5.41, 5.74) is 0.374. The molecule has 0 bridgehead atoms. The van der Waals surface area contributed by atoms with Gasteiger partial charge in [-0.15, -0.1) is 10.2 Å². The molecule has 1 fully saturated rings. The number of pyridine rings is 1. The molecule has 1 amide bonds. The van der Waals surface area contributed by atoms with Crippen LogP contribution in [-0.2, 0) is 11.2 Å². The molecule has 1 aliphatic heterocycles. The Balaban J connectivity index is 1.79. The van der Waals surface area contributed by atoms with Crippen molar-refractivity contribution in [3.05, 3.63) is 45.5 Å². The molecule has 23 heavy (non-hydrogen) atoms. The molecule has 2 aromatic rings. The lowest BCUT2D eigenvalue weighted by Crippen LogP contribution is -2.43. The first-order valence-corrected chi connectivity index (χ1v) is 7.51. The minimum atomic E-state index is -0.468. The van der Waals surface area contributed by atoms with Gasteiger partial charge >= 0.3 is 0 Å². The fourth-order valence-electron chi connectivity index (χ4n) is 2.45. The highest BCUT2D eigenvalue weighted by Gasteiger charge is 2.30. The summed E-state index contributed by atoms with van der Waals surface area (Å²) >= 11 is 0. The Morgan fingerprint density at radius 3 is 3.00 bits per heavy atom. The molecule has 122 valence electrons. The fourth-order valence-corrected chi connectivity index (χ4v) is 2.45. The lowest BCUT2D eigenvalue weighted by molar-refractivity contribution is -0.0350.